The van der Waals surface area contributed by atoms with Crippen molar-refractivity contribution in [1.29, 1.82) is 0 Å². The van der Waals surface area contributed by atoms with E-state index in [2.05, 4.69) is 25.4 Å². The molecule has 0 heterocycles. The first-order valence-corrected chi connectivity index (χ1v) is 8.18. The smallest absolute Gasteiger partial charge is 0.306 e. The Kier molecular flexibility index (Phi) is 6.43. The molecule has 0 unspecified atom stereocenters. The number of methoxy groups -OCH3 is 2. The third kappa shape index (κ3) is 5.18. The van der Waals surface area contributed by atoms with E-state index >= 15 is 0 Å². The van der Waals surface area contributed by atoms with E-state index < -0.39 is 16.2 Å². The highest BCUT2D eigenvalue weighted by Crippen LogP contribution is 2.29. The number of rotatable bonds is 7. The van der Waals surface area contributed by atoms with Gasteiger partial charge in [-0.15, -0.1) is 0 Å². The van der Waals surface area contributed by atoms with Gasteiger partial charge >= 0.3 is 16.2 Å². The minimum atomic E-state index is -3.79. The number of nitrogens with zero attached hydrogens (tertiary/aromatic N) is 1. The van der Waals surface area contributed by atoms with E-state index in [0.717, 1.165) is 4.31 Å². The molecule has 0 saturated carbocycles. The van der Waals surface area contributed by atoms with E-state index in [4.69, 9.17) is 4.74 Å². The van der Waals surface area contributed by atoms with E-state index in [0.29, 0.717) is 15.9 Å². The standard InChI is InChI=1S/C12H17BrN2O5S/c1-15(7-6-12(16)20-3)21(17,18)14-10-8-9(13)4-5-11(10)19-2/h4-5,8,14H,6-7H2,1-3H3. The Morgan fingerprint density at radius 2 is 2.05 bits per heavy atom. The average molecular weight is 381 g/mol. The van der Waals surface area contributed by atoms with E-state index in [1.165, 1.54) is 21.3 Å². The van der Waals surface area contributed by atoms with E-state index in [-0.39, 0.29) is 13.0 Å². The fraction of sp³-hybridized carbons (Fsp3) is 0.417. The summed E-state index contributed by atoms with van der Waals surface area (Å²) in [5.74, 6) is -0.0831. The maximum atomic E-state index is 12.2. The molecule has 0 aromatic heterocycles. The van der Waals surface area contributed by atoms with Gasteiger partial charge in [-0.1, -0.05) is 15.9 Å². The zero-order valence-electron chi connectivity index (χ0n) is 11.9. The van der Waals surface area contributed by atoms with Gasteiger partial charge in [0.25, 0.3) is 0 Å². The lowest BCUT2D eigenvalue weighted by molar-refractivity contribution is -0.140. The lowest BCUT2D eigenvalue weighted by atomic mass is 10.3. The monoisotopic (exact) mass is 380 g/mol. The Bertz CT molecular complexity index is 606. The molecule has 9 heteroatoms. The van der Waals surface area contributed by atoms with Crippen molar-refractivity contribution >= 4 is 37.8 Å². The van der Waals surface area contributed by atoms with E-state index in [1.807, 2.05) is 0 Å². The van der Waals surface area contributed by atoms with Gasteiger partial charge in [0.1, 0.15) is 5.75 Å². The summed E-state index contributed by atoms with van der Waals surface area (Å²) in [4.78, 5) is 11.1. The van der Waals surface area contributed by atoms with Crippen molar-refractivity contribution in [3.05, 3.63) is 22.7 Å². The maximum absolute atomic E-state index is 12.2. The number of nitrogens with one attached hydrogen (secondary N) is 1. The topological polar surface area (TPSA) is 84.9 Å². The fourth-order valence-electron chi connectivity index (χ4n) is 1.45. The Labute approximate surface area is 132 Å². The van der Waals surface area contributed by atoms with Gasteiger partial charge in [0.15, 0.2) is 0 Å². The normalized spacial score (nSPS) is 11.3. The van der Waals surface area contributed by atoms with Crippen LogP contribution in [-0.4, -0.2) is 46.5 Å². The number of esters is 1. The first-order chi connectivity index (χ1) is 9.80. The van der Waals surface area contributed by atoms with Gasteiger partial charge in [0, 0.05) is 18.1 Å². The van der Waals surface area contributed by atoms with Crippen LogP contribution in [0.3, 0.4) is 0 Å². The lowest BCUT2D eigenvalue weighted by Crippen LogP contribution is -2.34. The summed E-state index contributed by atoms with van der Waals surface area (Å²) in [6.45, 7) is 0.0122. The molecule has 0 aliphatic rings. The molecule has 0 spiro atoms. The number of hydrogen-bond donors (Lipinski definition) is 1. The molecule has 0 aliphatic heterocycles. The molecular weight excluding hydrogens is 364 g/mol. The number of benzene rings is 1. The Morgan fingerprint density at radius 1 is 1.38 bits per heavy atom. The Morgan fingerprint density at radius 3 is 2.62 bits per heavy atom. The third-order valence-electron chi connectivity index (χ3n) is 2.67. The number of carbonyl (C=O) groups excluding carboxylic acids is 1. The minimum absolute atomic E-state index is 0.0122. The third-order valence-corrected chi connectivity index (χ3v) is 4.64. The van der Waals surface area contributed by atoms with Crippen molar-refractivity contribution in [2.45, 2.75) is 6.42 Å². The molecule has 7 nitrogen and oxygen atoms in total. The van der Waals surface area contributed by atoms with Crippen LogP contribution in [0.1, 0.15) is 6.42 Å². The number of halogens is 1. The van der Waals surface area contributed by atoms with Crippen molar-refractivity contribution in [3.8, 4) is 5.75 Å². The molecule has 1 N–H and O–H groups in total. The van der Waals surface area contributed by atoms with Gasteiger partial charge in [-0.2, -0.15) is 12.7 Å². The van der Waals surface area contributed by atoms with Crippen molar-refractivity contribution in [1.82, 2.24) is 4.31 Å². The summed E-state index contributed by atoms with van der Waals surface area (Å²) in [6, 6.07) is 4.96. The Balaban J connectivity index is 2.84. The molecule has 1 aromatic rings. The Hall–Kier alpha value is -1.32. The predicted molar refractivity (Wildman–Crippen MR) is 82.5 cm³/mol. The lowest BCUT2D eigenvalue weighted by Gasteiger charge is -2.19. The maximum Gasteiger partial charge on any atom is 0.306 e. The predicted octanol–water partition coefficient (Wildman–Crippen LogP) is 1.61. The summed E-state index contributed by atoms with van der Waals surface area (Å²) in [5.41, 5.74) is 0.303. The largest absolute Gasteiger partial charge is 0.495 e. The van der Waals surface area contributed by atoms with Crippen LogP contribution in [0.25, 0.3) is 0 Å². The summed E-state index contributed by atoms with van der Waals surface area (Å²) >= 11 is 3.26. The molecule has 0 fully saturated rings. The van der Waals surface area contributed by atoms with Gasteiger partial charge < -0.3 is 9.47 Å². The van der Waals surface area contributed by atoms with Crippen molar-refractivity contribution < 1.29 is 22.7 Å². The quantitative estimate of drug-likeness (QED) is 0.726. The molecule has 0 saturated heterocycles. The highest BCUT2D eigenvalue weighted by atomic mass is 79.9. The van der Waals surface area contributed by atoms with Gasteiger partial charge in [-0.25, -0.2) is 0 Å². The van der Waals surface area contributed by atoms with Crippen LogP contribution in [0.5, 0.6) is 5.75 Å². The van der Waals surface area contributed by atoms with Crippen LogP contribution >= 0.6 is 15.9 Å². The van der Waals surface area contributed by atoms with Gasteiger partial charge in [-0.05, 0) is 18.2 Å². The second-order valence-electron chi connectivity index (χ2n) is 4.10. The van der Waals surface area contributed by atoms with Gasteiger partial charge in [0.05, 0.1) is 26.3 Å². The van der Waals surface area contributed by atoms with Crippen molar-refractivity contribution in [3.63, 3.8) is 0 Å². The number of hydrogen-bond acceptors (Lipinski definition) is 5. The molecule has 21 heavy (non-hydrogen) atoms. The molecule has 0 radical (unpaired) electrons. The number of ether oxygens (including phenoxy) is 2. The zero-order chi connectivity index (χ0) is 16.0. The summed E-state index contributed by atoms with van der Waals surface area (Å²) in [5, 5.41) is 0. The van der Waals surface area contributed by atoms with Gasteiger partial charge in [0.2, 0.25) is 0 Å². The van der Waals surface area contributed by atoms with Crippen LogP contribution in [-0.2, 0) is 19.7 Å². The highest BCUT2D eigenvalue weighted by molar-refractivity contribution is 9.10. The molecular formula is C12H17BrN2O5S. The second-order valence-corrected chi connectivity index (χ2v) is 6.79. The van der Waals surface area contributed by atoms with Crippen molar-refractivity contribution in [2.75, 3.05) is 32.5 Å². The van der Waals surface area contributed by atoms with Gasteiger partial charge in [-0.3, -0.25) is 9.52 Å². The zero-order valence-corrected chi connectivity index (χ0v) is 14.3. The summed E-state index contributed by atoms with van der Waals surface area (Å²) in [6.07, 6.45) is -0.0243. The van der Waals surface area contributed by atoms with Crippen LogP contribution in [0.15, 0.2) is 22.7 Å². The van der Waals surface area contributed by atoms with Crippen LogP contribution in [0, 0.1) is 0 Å². The molecule has 0 amide bonds. The van der Waals surface area contributed by atoms with Crippen LogP contribution in [0.4, 0.5) is 5.69 Å². The fourth-order valence-corrected chi connectivity index (χ4v) is 2.73. The van der Waals surface area contributed by atoms with E-state index in [1.54, 1.807) is 18.2 Å². The minimum Gasteiger partial charge on any atom is -0.495 e. The molecule has 0 atom stereocenters. The van der Waals surface area contributed by atoms with E-state index in [9.17, 15) is 13.2 Å². The molecule has 0 bridgehead atoms. The van der Waals surface area contributed by atoms with Crippen LogP contribution in [0.2, 0.25) is 0 Å². The molecule has 118 valence electrons. The highest BCUT2D eigenvalue weighted by Gasteiger charge is 2.20. The summed E-state index contributed by atoms with van der Waals surface area (Å²) < 4.78 is 38.1. The van der Waals surface area contributed by atoms with Crippen molar-refractivity contribution in [2.24, 2.45) is 0 Å². The SMILES string of the molecule is COC(=O)CCN(C)S(=O)(=O)Nc1cc(Br)ccc1OC. The number of carbonyl (C=O) groups is 1. The molecule has 0 aliphatic carbocycles. The van der Waals surface area contributed by atoms with Crippen LogP contribution < -0.4 is 9.46 Å². The first-order valence-electron chi connectivity index (χ1n) is 5.94. The molecule has 1 rings (SSSR count). The second kappa shape index (κ2) is 7.62. The average Bonchev–Trinajstić information content (AvgIpc) is 2.44. The first kappa shape index (κ1) is 17.7. The number of anilines is 1. The summed E-state index contributed by atoms with van der Waals surface area (Å²) in [7, 11) is 0.277. The molecule has 1 aromatic carbocycles.